The highest BCUT2D eigenvalue weighted by Crippen LogP contribution is 2.29. The fourth-order valence-corrected chi connectivity index (χ4v) is 3.72. The van der Waals surface area contributed by atoms with Crippen LogP contribution >= 0.6 is 11.3 Å². The quantitative estimate of drug-likeness (QED) is 0.747. The van der Waals surface area contributed by atoms with E-state index in [0.29, 0.717) is 16.4 Å². The molecule has 1 aliphatic carbocycles. The smallest absolute Gasteiger partial charge is 0.270 e. The number of allylic oxidation sites excluding steroid dienone is 4. The normalized spacial score (nSPS) is 16.5. The summed E-state index contributed by atoms with van der Waals surface area (Å²) in [6, 6.07) is 0. The molecule has 9 heteroatoms. The van der Waals surface area contributed by atoms with Crippen molar-refractivity contribution >= 4 is 33.7 Å². The summed E-state index contributed by atoms with van der Waals surface area (Å²) in [5, 5.41) is 5.37. The number of nitrogens with zero attached hydrogens (tertiary/aromatic N) is 5. The number of imidazole rings is 1. The number of fused-ring (bicyclic) bond motifs is 1. The highest BCUT2D eigenvalue weighted by Gasteiger charge is 2.16. The Morgan fingerprint density at radius 3 is 3.00 bits per heavy atom. The van der Waals surface area contributed by atoms with Gasteiger partial charge in [0, 0.05) is 18.3 Å². The summed E-state index contributed by atoms with van der Waals surface area (Å²) in [6.07, 6.45) is 10.1. The molecule has 0 saturated heterocycles. The number of anilines is 1. The van der Waals surface area contributed by atoms with Crippen LogP contribution in [0, 0.1) is 0 Å². The molecule has 138 valence electrons. The lowest BCUT2D eigenvalue weighted by molar-refractivity contribution is -0.116. The molecule has 0 saturated carbocycles. The first-order chi connectivity index (χ1) is 13.0. The molecule has 3 aromatic heterocycles. The molecule has 0 aromatic carbocycles. The van der Waals surface area contributed by atoms with Crippen LogP contribution in [0.5, 0.6) is 0 Å². The van der Waals surface area contributed by atoms with Crippen LogP contribution < -0.4 is 10.9 Å². The van der Waals surface area contributed by atoms with E-state index in [-0.39, 0.29) is 23.9 Å². The van der Waals surface area contributed by atoms with Crippen LogP contribution in [0.15, 0.2) is 46.5 Å². The van der Waals surface area contributed by atoms with Crippen molar-refractivity contribution in [2.75, 3.05) is 5.32 Å². The lowest BCUT2D eigenvalue weighted by atomic mass is 9.95. The maximum absolute atomic E-state index is 12.4. The van der Waals surface area contributed by atoms with Gasteiger partial charge in [0.05, 0.1) is 18.2 Å². The van der Waals surface area contributed by atoms with Gasteiger partial charge in [-0.05, 0) is 13.3 Å². The predicted octanol–water partition coefficient (Wildman–Crippen LogP) is 2.21. The van der Waals surface area contributed by atoms with E-state index in [1.54, 1.807) is 11.6 Å². The van der Waals surface area contributed by atoms with E-state index >= 15 is 0 Å². The van der Waals surface area contributed by atoms with Gasteiger partial charge in [0.2, 0.25) is 5.91 Å². The third-order valence-electron chi connectivity index (χ3n) is 4.48. The standard InChI is InChI=1S/C18H18N6O2S/c1-11-3-5-12(6-4-11)13-9-27-18(21-13)22-14(25)8-24-10-20-16-17(24)19-7-15(26)23(16)2/h3-5,7,9-10,12H,6,8H2,1-2H3,(H,21,22,25). The van der Waals surface area contributed by atoms with Gasteiger partial charge in [0.25, 0.3) is 5.56 Å². The Bertz CT molecular complexity index is 1140. The van der Waals surface area contributed by atoms with E-state index in [4.69, 9.17) is 0 Å². The van der Waals surface area contributed by atoms with Crippen molar-refractivity contribution in [1.29, 1.82) is 0 Å². The van der Waals surface area contributed by atoms with Crippen LogP contribution in [0.1, 0.15) is 25.0 Å². The number of carbonyl (C=O) groups is 1. The number of aryl methyl sites for hydroxylation is 1. The van der Waals surface area contributed by atoms with Crippen LogP contribution in [0.4, 0.5) is 5.13 Å². The average Bonchev–Trinajstić information content (AvgIpc) is 3.26. The summed E-state index contributed by atoms with van der Waals surface area (Å²) in [4.78, 5) is 36.8. The number of hydrogen-bond donors (Lipinski definition) is 1. The van der Waals surface area contributed by atoms with Crippen molar-refractivity contribution < 1.29 is 4.79 Å². The van der Waals surface area contributed by atoms with Crippen LogP contribution in [-0.2, 0) is 18.4 Å². The van der Waals surface area contributed by atoms with E-state index in [1.807, 2.05) is 5.38 Å². The Hall–Kier alpha value is -3.07. The van der Waals surface area contributed by atoms with Gasteiger partial charge in [-0.1, -0.05) is 23.8 Å². The van der Waals surface area contributed by atoms with Gasteiger partial charge < -0.3 is 9.88 Å². The summed E-state index contributed by atoms with van der Waals surface area (Å²) in [5.74, 6) is 0.0273. The Kier molecular flexibility index (Phi) is 4.44. The summed E-state index contributed by atoms with van der Waals surface area (Å²) in [5.41, 5.74) is 2.91. The molecule has 1 unspecified atom stereocenters. The third-order valence-corrected chi connectivity index (χ3v) is 5.26. The average molecular weight is 382 g/mol. The molecule has 27 heavy (non-hydrogen) atoms. The third kappa shape index (κ3) is 3.45. The van der Waals surface area contributed by atoms with Crippen molar-refractivity contribution in [1.82, 2.24) is 24.1 Å². The SMILES string of the molecule is CC1=CCC(c2csc(NC(=O)Cn3cnc4c3ncc(=O)n4C)n2)C=C1. The van der Waals surface area contributed by atoms with Gasteiger partial charge >= 0.3 is 0 Å². The van der Waals surface area contributed by atoms with E-state index in [0.717, 1.165) is 12.1 Å². The molecule has 3 heterocycles. The number of thiazole rings is 1. The minimum atomic E-state index is -0.241. The lowest BCUT2D eigenvalue weighted by Crippen LogP contribution is -2.20. The number of rotatable bonds is 4. The van der Waals surface area contributed by atoms with Gasteiger partial charge in [0.15, 0.2) is 16.4 Å². The van der Waals surface area contributed by atoms with Gasteiger partial charge in [-0.15, -0.1) is 11.3 Å². The molecule has 0 radical (unpaired) electrons. The number of amides is 1. The predicted molar refractivity (Wildman–Crippen MR) is 104 cm³/mol. The molecule has 0 fully saturated rings. The maximum Gasteiger partial charge on any atom is 0.270 e. The molecule has 0 bridgehead atoms. The maximum atomic E-state index is 12.4. The molecule has 8 nitrogen and oxygen atoms in total. The van der Waals surface area contributed by atoms with E-state index in [1.165, 1.54) is 34.0 Å². The molecule has 1 atom stereocenters. The van der Waals surface area contributed by atoms with Crippen molar-refractivity contribution in [2.24, 2.45) is 7.05 Å². The highest BCUT2D eigenvalue weighted by molar-refractivity contribution is 7.13. The zero-order valence-electron chi connectivity index (χ0n) is 14.9. The first kappa shape index (κ1) is 17.3. The molecule has 1 amide bonds. The zero-order valence-corrected chi connectivity index (χ0v) is 15.7. The molecule has 0 spiro atoms. The second kappa shape index (κ2) is 6.92. The summed E-state index contributed by atoms with van der Waals surface area (Å²) < 4.78 is 3.01. The fraction of sp³-hybridized carbons (Fsp3) is 0.278. The number of carbonyl (C=O) groups excluding carboxylic acids is 1. The molecular formula is C18H18N6O2S. The molecule has 4 rings (SSSR count). The second-order valence-corrected chi connectivity index (χ2v) is 7.31. The van der Waals surface area contributed by atoms with Crippen molar-refractivity contribution in [2.45, 2.75) is 25.8 Å². The first-order valence-corrected chi connectivity index (χ1v) is 9.36. The Labute approximate surface area is 158 Å². The number of nitrogens with one attached hydrogen (secondary N) is 1. The second-order valence-electron chi connectivity index (χ2n) is 6.45. The van der Waals surface area contributed by atoms with E-state index < -0.39 is 0 Å². The van der Waals surface area contributed by atoms with Gasteiger partial charge in [-0.25, -0.2) is 15.0 Å². The first-order valence-electron chi connectivity index (χ1n) is 8.48. The van der Waals surface area contributed by atoms with E-state index in [9.17, 15) is 9.59 Å². The zero-order chi connectivity index (χ0) is 19.0. The van der Waals surface area contributed by atoms with Crippen LogP contribution in [-0.4, -0.2) is 30.0 Å². The van der Waals surface area contributed by atoms with Crippen molar-refractivity contribution in [3.8, 4) is 0 Å². The van der Waals surface area contributed by atoms with Crippen LogP contribution in [0.3, 0.4) is 0 Å². The Morgan fingerprint density at radius 2 is 2.22 bits per heavy atom. The summed E-state index contributed by atoms with van der Waals surface area (Å²) in [7, 11) is 1.62. The number of hydrogen-bond acceptors (Lipinski definition) is 6. The minimum Gasteiger partial charge on any atom is -0.304 e. The molecule has 0 aliphatic heterocycles. The largest absolute Gasteiger partial charge is 0.304 e. The molecule has 1 aliphatic rings. The Balaban J connectivity index is 1.45. The highest BCUT2D eigenvalue weighted by atomic mass is 32.1. The fourth-order valence-electron chi connectivity index (χ4n) is 2.93. The van der Waals surface area contributed by atoms with Crippen LogP contribution in [0.2, 0.25) is 0 Å². The summed E-state index contributed by atoms with van der Waals surface area (Å²) in [6.45, 7) is 2.12. The summed E-state index contributed by atoms with van der Waals surface area (Å²) >= 11 is 1.41. The van der Waals surface area contributed by atoms with Gasteiger partial charge in [0.1, 0.15) is 6.54 Å². The van der Waals surface area contributed by atoms with E-state index in [2.05, 4.69) is 45.4 Å². The topological polar surface area (TPSA) is 94.7 Å². The van der Waals surface area contributed by atoms with Crippen molar-refractivity contribution in [3.63, 3.8) is 0 Å². The lowest BCUT2D eigenvalue weighted by Gasteiger charge is -2.11. The molecule has 1 N–H and O–H groups in total. The van der Waals surface area contributed by atoms with Gasteiger partial charge in [-0.3, -0.25) is 14.2 Å². The monoisotopic (exact) mass is 382 g/mol. The molecule has 3 aromatic rings. The molecular weight excluding hydrogens is 364 g/mol. The number of aromatic nitrogens is 5. The van der Waals surface area contributed by atoms with Crippen molar-refractivity contribution in [3.05, 3.63) is 57.8 Å². The minimum absolute atomic E-state index is 0.0435. The van der Waals surface area contributed by atoms with Gasteiger partial charge in [-0.2, -0.15) is 0 Å². The Morgan fingerprint density at radius 1 is 1.37 bits per heavy atom. The van der Waals surface area contributed by atoms with Crippen LogP contribution in [0.25, 0.3) is 11.3 Å².